The van der Waals surface area contributed by atoms with E-state index in [9.17, 15) is 13.2 Å². The molecule has 4 aromatic rings. The standard InChI is InChI=1S/C21H20N6O3S2/c1-14-3-7-17(8-4-14)19(28)24-20-25-26-21(31-20)32(29,30)23-13-16-5-9-18(10-6-16)27-12-11-22-15(27)2/h3-12,23H,13H2,1-2H3,(H,24,25,28). The van der Waals surface area contributed by atoms with E-state index in [1.54, 1.807) is 18.3 Å². The maximum atomic E-state index is 12.6. The highest BCUT2D eigenvalue weighted by Crippen LogP contribution is 2.21. The molecule has 0 saturated carbocycles. The summed E-state index contributed by atoms with van der Waals surface area (Å²) in [6.45, 7) is 3.92. The van der Waals surface area contributed by atoms with Crippen LogP contribution in [0.2, 0.25) is 0 Å². The molecule has 4 rings (SSSR count). The van der Waals surface area contributed by atoms with E-state index in [0.717, 1.165) is 34.0 Å². The Hall–Kier alpha value is -3.41. The Balaban J connectivity index is 1.39. The third-order valence-electron chi connectivity index (χ3n) is 4.68. The van der Waals surface area contributed by atoms with Gasteiger partial charge in [-0.1, -0.05) is 41.2 Å². The maximum absolute atomic E-state index is 12.6. The number of sulfonamides is 1. The van der Waals surface area contributed by atoms with Gasteiger partial charge in [-0.15, -0.1) is 10.2 Å². The van der Waals surface area contributed by atoms with Crippen LogP contribution in [-0.2, 0) is 16.6 Å². The van der Waals surface area contributed by atoms with Gasteiger partial charge in [0, 0.05) is 30.2 Å². The number of aryl methyl sites for hydroxylation is 2. The summed E-state index contributed by atoms with van der Waals surface area (Å²) >= 11 is 0.789. The van der Waals surface area contributed by atoms with Crippen molar-refractivity contribution >= 4 is 32.4 Å². The highest BCUT2D eigenvalue weighted by Gasteiger charge is 2.21. The van der Waals surface area contributed by atoms with Gasteiger partial charge in [0.25, 0.3) is 15.9 Å². The molecule has 0 atom stereocenters. The molecular weight excluding hydrogens is 448 g/mol. The minimum absolute atomic E-state index is 0.0934. The second-order valence-corrected chi connectivity index (χ2v) is 9.95. The molecule has 164 valence electrons. The number of benzene rings is 2. The Morgan fingerprint density at radius 3 is 2.41 bits per heavy atom. The highest BCUT2D eigenvalue weighted by molar-refractivity contribution is 7.91. The molecule has 0 aliphatic carbocycles. The van der Waals surface area contributed by atoms with Crippen molar-refractivity contribution in [2.45, 2.75) is 24.7 Å². The normalized spacial score (nSPS) is 11.4. The van der Waals surface area contributed by atoms with Crippen LogP contribution in [-0.4, -0.2) is 34.1 Å². The second-order valence-electron chi connectivity index (χ2n) is 7.03. The van der Waals surface area contributed by atoms with Crippen molar-refractivity contribution in [3.63, 3.8) is 0 Å². The SMILES string of the molecule is Cc1ccc(C(=O)Nc2nnc(S(=O)(=O)NCc3ccc(-n4ccnc4C)cc3)s2)cc1. The van der Waals surface area contributed by atoms with Crippen molar-refractivity contribution in [3.05, 3.63) is 83.4 Å². The number of carbonyl (C=O) groups excluding carboxylic acids is 1. The zero-order valence-electron chi connectivity index (χ0n) is 17.3. The average Bonchev–Trinajstić information content (AvgIpc) is 3.43. The van der Waals surface area contributed by atoms with Crippen LogP contribution in [0.4, 0.5) is 5.13 Å². The maximum Gasteiger partial charge on any atom is 0.270 e. The number of nitrogens with zero attached hydrogens (tertiary/aromatic N) is 4. The topological polar surface area (TPSA) is 119 Å². The summed E-state index contributed by atoms with van der Waals surface area (Å²) in [5.41, 5.74) is 3.20. The Bertz CT molecular complexity index is 1340. The summed E-state index contributed by atoms with van der Waals surface area (Å²) in [6.07, 6.45) is 3.58. The molecule has 2 heterocycles. The number of nitrogens with one attached hydrogen (secondary N) is 2. The summed E-state index contributed by atoms with van der Waals surface area (Å²) in [6, 6.07) is 14.5. The number of imidazole rings is 1. The van der Waals surface area contributed by atoms with Crippen molar-refractivity contribution in [1.82, 2.24) is 24.5 Å². The van der Waals surface area contributed by atoms with Gasteiger partial charge in [0.1, 0.15) is 5.82 Å². The molecule has 0 aliphatic heterocycles. The van der Waals surface area contributed by atoms with E-state index in [1.165, 1.54) is 0 Å². The summed E-state index contributed by atoms with van der Waals surface area (Å²) in [7, 11) is -3.88. The predicted molar refractivity (Wildman–Crippen MR) is 121 cm³/mol. The van der Waals surface area contributed by atoms with Crippen LogP contribution < -0.4 is 10.0 Å². The zero-order valence-corrected chi connectivity index (χ0v) is 18.9. The zero-order chi connectivity index (χ0) is 22.7. The predicted octanol–water partition coefficient (Wildman–Crippen LogP) is 3.07. The number of hydrogen-bond acceptors (Lipinski definition) is 7. The number of rotatable bonds is 7. The Labute approximate surface area is 189 Å². The van der Waals surface area contributed by atoms with Gasteiger partial charge in [0.15, 0.2) is 0 Å². The number of carbonyl (C=O) groups is 1. The Morgan fingerprint density at radius 1 is 1.03 bits per heavy atom. The molecule has 32 heavy (non-hydrogen) atoms. The van der Waals surface area contributed by atoms with E-state index >= 15 is 0 Å². The lowest BCUT2D eigenvalue weighted by atomic mass is 10.1. The van der Waals surface area contributed by atoms with Gasteiger partial charge < -0.3 is 4.57 Å². The van der Waals surface area contributed by atoms with Gasteiger partial charge >= 0.3 is 0 Å². The fraction of sp³-hybridized carbons (Fsp3) is 0.143. The van der Waals surface area contributed by atoms with Crippen molar-refractivity contribution in [3.8, 4) is 5.69 Å². The summed E-state index contributed by atoms with van der Waals surface area (Å²) < 4.78 is 29.4. The molecule has 2 aromatic heterocycles. The monoisotopic (exact) mass is 468 g/mol. The first-order chi connectivity index (χ1) is 15.3. The second kappa shape index (κ2) is 8.99. The molecule has 0 fully saturated rings. The molecule has 0 radical (unpaired) electrons. The number of anilines is 1. The van der Waals surface area contributed by atoms with E-state index in [1.807, 2.05) is 61.0 Å². The van der Waals surface area contributed by atoms with E-state index < -0.39 is 10.0 Å². The molecule has 0 spiro atoms. The molecule has 0 bridgehead atoms. The van der Waals surface area contributed by atoms with Crippen LogP contribution in [0.3, 0.4) is 0 Å². The molecular formula is C21H20N6O3S2. The summed E-state index contributed by atoms with van der Waals surface area (Å²) in [5.74, 6) is 0.478. The molecule has 2 N–H and O–H groups in total. The highest BCUT2D eigenvalue weighted by atomic mass is 32.2. The van der Waals surface area contributed by atoms with E-state index in [4.69, 9.17) is 0 Å². The van der Waals surface area contributed by atoms with Crippen LogP contribution >= 0.6 is 11.3 Å². The van der Waals surface area contributed by atoms with Crippen LogP contribution in [0.1, 0.15) is 27.3 Å². The Morgan fingerprint density at radius 2 is 1.75 bits per heavy atom. The van der Waals surface area contributed by atoms with E-state index in [0.29, 0.717) is 5.56 Å². The van der Waals surface area contributed by atoms with E-state index in [-0.39, 0.29) is 21.9 Å². The van der Waals surface area contributed by atoms with Crippen LogP contribution in [0.15, 0.2) is 65.3 Å². The lowest BCUT2D eigenvalue weighted by Gasteiger charge is -2.07. The first kappa shape index (κ1) is 21.8. The number of amides is 1. The molecule has 11 heteroatoms. The number of hydrogen-bond donors (Lipinski definition) is 2. The van der Waals surface area contributed by atoms with E-state index in [2.05, 4.69) is 25.2 Å². The third-order valence-corrected chi connectivity index (χ3v) is 7.28. The lowest BCUT2D eigenvalue weighted by molar-refractivity contribution is 0.102. The average molecular weight is 469 g/mol. The molecule has 0 unspecified atom stereocenters. The fourth-order valence-corrected chi connectivity index (χ4v) is 4.86. The van der Waals surface area contributed by atoms with Crippen LogP contribution in [0.25, 0.3) is 5.69 Å². The van der Waals surface area contributed by atoms with Crippen molar-refractivity contribution in [2.24, 2.45) is 0 Å². The number of aromatic nitrogens is 4. The minimum Gasteiger partial charge on any atom is -0.304 e. The van der Waals surface area contributed by atoms with Crippen LogP contribution in [0, 0.1) is 13.8 Å². The first-order valence-corrected chi connectivity index (χ1v) is 11.9. The van der Waals surface area contributed by atoms with Gasteiger partial charge in [-0.2, -0.15) is 0 Å². The van der Waals surface area contributed by atoms with Gasteiger partial charge in [-0.25, -0.2) is 18.1 Å². The largest absolute Gasteiger partial charge is 0.304 e. The van der Waals surface area contributed by atoms with Gasteiger partial charge in [0.05, 0.1) is 0 Å². The molecule has 0 saturated heterocycles. The Kier molecular flexibility index (Phi) is 6.12. The minimum atomic E-state index is -3.88. The molecule has 0 aliphatic rings. The van der Waals surface area contributed by atoms with Gasteiger partial charge in [-0.05, 0) is 43.7 Å². The van der Waals surface area contributed by atoms with Crippen molar-refractivity contribution < 1.29 is 13.2 Å². The van der Waals surface area contributed by atoms with Crippen molar-refractivity contribution in [1.29, 1.82) is 0 Å². The molecule has 9 nitrogen and oxygen atoms in total. The first-order valence-electron chi connectivity index (χ1n) is 9.62. The quantitative estimate of drug-likeness (QED) is 0.402. The van der Waals surface area contributed by atoms with Crippen molar-refractivity contribution in [2.75, 3.05) is 5.32 Å². The summed E-state index contributed by atoms with van der Waals surface area (Å²) in [5, 5.41) is 10.2. The third kappa shape index (κ3) is 4.90. The lowest BCUT2D eigenvalue weighted by Crippen LogP contribution is -2.23. The summed E-state index contributed by atoms with van der Waals surface area (Å²) in [4.78, 5) is 16.5. The molecule has 2 aromatic carbocycles. The smallest absolute Gasteiger partial charge is 0.270 e. The van der Waals surface area contributed by atoms with Crippen LogP contribution in [0.5, 0.6) is 0 Å². The molecule has 1 amide bonds. The van der Waals surface area contributed by atoms with Gasteiger partial charge in [0.2, 0.25) is 9.47 Å². The van der Waals surface area contributed by atoms with Gasteiger partial charge in [-0.3, -0.25) is 10.1 Å². The fourth-order valence-electron chi connectivity index (χ4n) is 2.91.